The van der Waals surface area contributed by atoms with Crippen molar-refractivity contribution in [2.75, 3.05) is 11.1 Å². The smallest absolute Gasteiger partial charge is 0.406 e. The molecule has 0 radical (unpaired) electrons. The fraction of sp³-hybridized carbons (Fsp3) is 0.0714. The molecule has 7 heteroatoms. The van der Waals surface area contributed by atoms with Gasteiger partial charge in [-0.1, -0.05) is 6.07 Å². The molecule has 0 aliphatic carbocycles. The van der Waals surface area contributed by atoms with Gasteiger partial charge in [0.1, 0.15) is 11.8 Å². The topological polar surface area (TPSA) is 71.1 Å². The zero-order valence-electron chi connectivity index (χ0n) is 10.6. The zero-order valence-corrected chi connectivity index (χ0v) is 10.6. The minimum atomic E-state index is -4.75. The summed E-state index contributed by atoms with van der Waals surface area (Å²) in [4.78, 5) is 0. The van der Waals surface area contributed by atoms with Crippen LogP contribution in [0.2, 0.25) is 0 Å². The fourth-order valence-electron chi connectivity index (χ4n) is 1.69. The number of halogens is 3. The van der Waals surface area contributed by atoms with E-state index in [4.69, 9.17) is 11.0 Å². The molecule has 0 bridgehead atoms. The molecule has 0 unspecified atom stereocenters. The van der Waals surface area contributed by atoms with Gasteiger partial charge in [0.2, 0.25) is 0 Å². The van der Waals surface area contributed by atoms with Crippen LogP contribution in [0.5, 0.6) is 5.75 Å². The zero-order chi connectivity index (χ0) is 15.5. The molecule has 0 atom stereocenters. The molecule has 0 aromatic heterocycles. The van der Waals surface area contributed by atoms with E-state index >= 15 is 0 Å². The lowest BCUT2D eigenvalue weighted by Crippen LogP contribution is -2.17. The second-order valence-corrected chi connectivity index (χ2v) is 4.12. The highest BCUT2D eigenvalue weighted by Gasteiger charge is 2.31. The number of ether oxygens (including phenoxy) is 1. The molecule has 2 aromatic carbocycles. The Morgan fingerprint density at radius 2 is 1.90 bits per heavy atom. The number of hydrogen-bond acceptors (Lipinski definition) is 4. The third-order valence-corrected chi connectivity index (χ3v) is 2.51. The van der Waals surface area contributed by atoms with E-state index in [2.05, 4.69) is 10.1 Å². The van der Waals surface area contributed by atoms with Crippen LogP contribution in [0.3, 0.4) is 0 Å². The summed E-state index contributed by atoms with van der Waals surface area (Å²) in [6, 6.07) is 11.9. The first-order chi connectivity index (χ1) is 9.87. The minimum absolute atomic E-state index is 0.289. The van der Waals surface area contributed by atoms with Gasteiger partial charge in [0.25, 0.3) is 0 Å². The molecule has 21 heavy (non-hydrogen) atoms. The van der Waals surface area contributed by atoms with Crippen LogP contribution in [0.15, 0.2) is 42.5 Å². The lowest BCUT2D eigenvalue weighted by molar-refractivity contribution is -0.274. The number of nitrogens with two attached hydrogens (primary N) is 1. The van der Waals surface area contributed by atoms with Gasteiger partial charge in [0.05, 0.1) is 11.3 Å². The SMILES string of the molecule is N#Cc1cc(N)ccc1Nc1cccc(OC(F)(F)F)c1. The fourth-order valence-corrected chi connectivity index (χ4v) is 1.69. The third kappa shape index (κ3) is 4.04. The van der Waals surface area contributed by atoms with Crippen LogP contribution in [0.1, 0.15) is 5.56 Å². The highest BCUT2D eigenvalue weighted by Crippen LogP contribution is 2.28. The Hall–Kier alpha value is -2.88. The minimum Gasteiger partial charge on any atom is -0.406 e. The number of nitrogen functional groups attached to an aromatic ring is 1. The molecule has 0 saturated carbocycles. The van der Waals surface area contributed by atoms with E-state index in [1.807, 2.05) is 6.07 Å². The molecule has 0 aliphatic heterocycles. The van der Waals surface area contributed by atoms with Gasteiger partial charge in [-0.15, -0.1) is 13.2 Å². The van der Waals surface area contributed by atoms with Gasteiger partial charge >= 0.3 is 6.36 Å². The van der Waals surface area contributed by atoms with Crippen molar-refractivity contribution in [3.05, 3.63) is 48.0 Å². The van der Waals surface area contributed by atoms with Crippen LogP contribution in [-0.2, 0) is 0 Å². The van der Waals surface area contributed by atoms with Gasteiger partial charge in [-0.2, -0.15) is 5.26 Å². The van der Waals surface area contributed by atoms with Crippen molar-refractivity contribution in [3.63, 3.8) is 0 Å². The molecule has 0 amide bonds. The third-order valence-electron chi connectivity index (χ3n) is 2.51. The summed E-state index contributed by atoms with van der Waals surface area (Å²) >= 11 is 0. The summed E-state index contributed by atoms with van der Waals surface area (Å²) in [5, 5.41) is 11.9. The summed E-state index contributed by atoms with van der Waals surface area (Å²) < 4.78 is 40.3. The molecule has 3 N–H and O–H groups in total. The predicted octanol–water partition coefficient (Wildman–Crippen LogP) is 3.78. The largest absolute Gasteiger partial charge is 0.573 e. The molecule has 4 nitrogen and oxygen atoms in total. The van der Waals surface area contributed by atoms with Gasteiger partial charge in [-0.3, -0.25) is 0 Å². The number of alkyl halides is 3. The van der Waals surface area contributed by atoms with Crippen molar-refractivity contribution in [1.82, 2.24) is 0 Å². The number of nitrogens with zero attached hydrogens (tertiary/aromatic N) is 1. The molecular weight excluding hydrogens is 283 g/mol. The quantitative estimate of drug-likeness (QED) is 0.845. The number of rotatable bonds is 3. The Kier molecular flexibility index (Phi) is 3.89. The number of nitriles is 1. The second-order valence-electron chi connectivity index (χ2n) is 4.12. The van der Waals surface area contributed by atoms with Gasteiger partial charge in [0, 0.05) is 17.4 Å². The number of benzene rings is 2. The Labute approximate surface area is 118 Å². The van der Waals surface area contributed by atoms with Gasteiger partial charge < -0.3 is 15.8 Å². The molecule has 0 spiro atoms. The summed E-state index contributed by atoms with van der Waals surface area (Å²) in [7, 11) is 0. The van der Waals surface area contributed by atoms with E-state index in [9.17, 15) is 13.2 Å². The molecule has 0 aliphatic rings. The average Bonchev–Trinajstić information content (AvgIpc) is 2.39. The summed E-state index contributed by atoms with van der Waals surface area (Å²) in [6.45, 7) is 0. The maximum absolute atomic E-state index is 12.2. The lowest BCUT2D eigenvalue weighted by atomic mass is 10.1. The van der Waals surface area contributed by atoms with Crippen LogP contribution in [0.4, 0.5) is 30.2 Å². The van der Waals surface area contributed by atoms with E-state index in [0.29, 0.717) is 17.1 Å². The Bertz CT molecular complexity index is 693. The maximum Gasteiger partial charge on any atom is 0.573 e. The highest BCUT2D eigenvalue weighted by atomic mass is 19.4. The molecule has 2 aromatic rings. The average molecular weight is 293 g/mol. The molecule has 108 valence electrons. The Morgan fingerprint density at radius 1 is 1.14 bits per heavy atom. The highest BCUT2D eigenvalue weighted by molar-refractivity contribution is 5.69. The standard InChI is InChI=1S/C14H10F3N3O/c15-14(16,17)21-12-3-1-2-11(7-12)20-13-5-4-10(19)6-9(13)8-18/h1-7,20H,19H2. The van der Waals surface area contributed by atoms with E-state index in [0.717, 1.165) is 0 Å². The number of nitrogens with one attached hydrogen (secondary N) is 1. The van der Waals surface area contributed by atoms with Gasteiger partial charge in [-0.05, 0) is 30.3 Å². The summed E-state index contributed by atoms with van der Waals surface area (Å²) in [5.41, 5.74) is 7.08. The van der Waals surface area contributed by atoms with E-state index in [1.165, 1.54) is 24.3 Å². The number of hydrogen-bond donors (Lipinski definition) is 2. The van der Waals surface area contributed by atoms with Gasteiger partial charge in [-0.25, -0.2) is 0 Å². The summed E-state index contributed by atoms with van der Waals surface area (Å²) in [5.74, 6) is -0.346. The second kappa shape index (κ2) is 5.63. The first kappa shape index (κ1) is 14.5. The molecule has 0 heterocycles. The van der Waals surface area contributed by atoms with Crippen molar-refractivity contribution in [1.29, 1.82) is 5.26 Å². The normalized spacial score (nSPS) is 10.8. The van der Waals surface area contributed by atoms with Gasteiger partial charge in [0.15, 0.2) is 0 Å². The van der Waals surface area contributed by atoms with Crippen molar-refractivity contribution in [2.45, 2.75) is 6.36 Å². The first-order valence-electron chi connectivity index (χ1n) is 5.80. The molecule has 0 fully saturated rings. The van der Waals surface area contributed by atoms with Crippen LogP contribution < -0.4 is 15.8 Å². The van der Waals surface area contributed by atoms with E-state index in [-0.39, 0.29) is 11.3 Å². The number of anilines is 3. The molecule has 0 saturated heterocycles. The van der Waals surface area contributed by atoms with Crippen LogP contribution in [0.25, 0.3) is 0 Å². The molecule has 2 rings (SSSR count). The lowest BCUT2D eigenvalue weighted by Gasteiger charge is -2.12. The monoisotopic (exact) mass is 293 g/mol. The van der Waals surface area contributed by atoms with Crippen molar-refractivity contribution < 1.29 is 17.9 Å². The summed E-state index contributed by atoms with van der Waals surface area (Å²) in [6.07, 6.45) is -4.75. The Morgan fingerprint density at radius 3 is 2.57 bits per heavy atom. The van der Waals surface area contributed by atoms with Crippen molar-refractivity contribution in [3.8, 4) is 11.8 Å². The first-order valence-corrected chi connectivity index (χ1v) is 5.80. The van der Waals surface area contributed by atoms with E-state index in [1.54, 1.807) is 18.2 Å². The van der Waals surface area contributed by atoms with Crippen LogP contribution >= 0.6 is 0 Å². The van der Waals surface area contributed by atoms with Crippen molar-refractivity contribution >= 4 is 17.1 Å². The maximum atomic E-state index is 12.2. The Balaban J connectivity index is 2.25. The predicted molar refractivity (Wildman–Crippen MR) is 72.0 cm³/mol. The van der Waals surface area contributed by atoms with Crippen LogP contribution in [-0.4, -0.2) is 6.36 Å². The van der Waals surface area contributed by atoms with Crippen LogP contribution in [0, 0.1) is 11.3 Å². The molecular formula is C14H10F3N3O. The van der Waals surface area contributed by atoms with E-state index < -0.39 is 6.36 Å². The van der Waals surface area contributed by atoms with Crippen molar-refractivity contribution in [2.24, 2.45) is 0 Å².